The second-order valence-corrected chi connectivity index (χ2v) is 1.34. The summed E-state index contributed by atoms with van der Waals surface area (Å²) in [6.07, 6.45) is 0. The van der Waals surface area contributed by atoms with Crippen molar-refractivity contribution < 1.29 is 20.3 Å². The topological polar surface area (TPSA) is 3.24 Å². The van der Waals surface area contributed by atoms with Crippen LogP contribution in [0.3, 0.4) is 0 Å². The molecule has 0 radical (unpaired) electrons. The smallest absolute Gasteiger partial charge is 1.00 e. The van der Waals surface area contributed by atoms with Gasteiger partial charge in [0.1, 0.15) is 0 Å². The second-order valence-electron chi connectivity index (χ2n) is 1.34. The fraction of sp³-hybridized carbons (Fsp3) is 1.00. The average Bonchev–Trinajstić information content (AvgIpc) is 0.811. The molecule has 0 aromatic rings. The van der Waals surface area contributed by atoms with Crippen LogP contribution in [0.5, 0.6) is 0 Å². The van der Waals surface area contributed by atoms with Crippen molar-refractivity contribution in [2.75, 3.05) is 21.1 Å². The third kappa shape index (κ3) is 95.9. The summed E-state index contributed by atoms with van der Waals surface area (Å²) in [4.78, 5) is 2.00. The summed E-state index contributed by atoms with van der Waals surface area (Å²) in [7, 11) is 6.00. The van der Waals surface area contributed by atoms with Gasteiger partial charge in [0.25, 0.3) is 0 Å². The molecule has 0 aromatic carbocycles. The zero-order chi connectivity index (χ0) is 3.58. The van der Waals surface area contributed by atoms with Crippen LogP contribution in [0.1, 0.15) is 1.43 Å². The Hall–Kier alpha value is 0.557. The first kappa shape index (κ1) is 9.12. The van der Waals surface area contributed by atoms with Crippen LogP contribution in [0, 0.1) is 0 Å². The quantitative estimate of drug-likeness (QED) is 0.278. The number of hydrogen-bond donors (Lipinski definition) is 0. The standard InChI is InChI=1S/C3H9N.Li.H/c1-4(2)3;;/h1-3H3;;/q;+1;-1. The Morgan fingerprint density at radius 2 is 1.20 bits per heavy atom. The molecule has 0 bridgehead atoms. The van der Waals surface area contributed by atoms with E-state index in [1.54, 1.807) is 0 Å². The van der Waals surface area contributed by atoms with E-state index < -0.39 is 0 Å². The van der Waals surface area contributed by atoms with Crippen LogP contribution in [-0.4, -0.2) is 26.0 Å². The maximum atomic E-state index is 2.00. The number of nitrogens with zero attached hydrogens (tertiary/aromatic N) is 1. The van der Waals surface area contributed by atoms with Gasteiger partial charge in [-0.05, 0) is 21.1 Å². The van der Waals surface area contributed by atoms with Crippen molar-refractivity contribution in [1.82, 2.24) is 4.90 Å². The summed E-state index contributed by atoms with van der Waals surface area (Å²) in [5, 5.41) is 0. The van der Waals surface area contributed by atoms with Crippen molar-refractivity contribution >= 4 is 0 Å². The SMILES string of the molecule is CN(C)C.[H-].[Li+]. The zero-order valence-corrected chi connectivity index (χ0v) is 4.45. The molecule has 0 aromatic heterocycles. The molecule has 0 aliphatic heterocycles. The van der Waals surface area contributed by atoms with Gasteiger partial charge in [-0.3, -0.25) is 0 Å². The first-order valence-electron chi connectivity index (χ1n) is 1.34. The van der Waals surface area contributed by atoms with E-state index in [1.165, 1.54) is 0 Å². The van der Waals surface area contributed by atoms with Crippen LogP contribution in [-0.2, 0) is 0 Å². The minimum absolute atomic E-state index is 0. The van der Waals surface area contributed by atoms with Crippen molar-refractivity contribution in [3.63, 3.8) is 0 Å². The maximum absolute atomic E-state index is 2.00. The van der Waals surface area contributed by atoms with E-state index in [-0.39, 0.29) is 20.3 Å². The molecule has 0 saturated heterocycles. The molecule has 1 nitrogen and oxygen atoms in total. The third-order valence-corrected chi connectivity index (χ3v) is 0. The summed E-state index contributed by atoms with van der Waals surface area (Å²) in [6, 6.07) is 0. The van der Waals surface area contributed by atoms with Crippen molar-refractivity contribution in [2.24, 2.45) is 0 Å². The molecule has 0 atom stereocenters. The van der Waals surface area contributed by atoms with Gasteiger partial charge in [0.15, 0.2) is 0 Å². The van der Waals surface area contributed by atoms with E-state index >= 15 is 0 Å². The molecule has 0 amide bonds. The van der Waals surface area contributed by atoms with Crippen LogP contribution in [0.4, 0.5) is 0 Å². The van der Waals surface area contributed by atoms with Crippen molar-refractivity contribution in [1.29, 1.82) is 0 Å². The van der Waals surface area contributed by atoms with Crippen LogP contribution < -0.4 is 18.9 Å². The molecule has 28 valence electrons. The molecule has 0 fully saturated rings. The second kappa shape index (κ2) is 4.56. The monoisotopic (exact) mass is 67.1 g/mol. The van der Waals surface area contributed by atoms with Crippen molar-refractivity contribution in [3.8, 4) is 0 Å². The molecule has 0 aliphatic rings. The van der Waals surface area contributed by atoms with Gasteiger partial charge in [-0.2, -0.15) is 0 Å². The normalized spacial score (nSPS) is 7.20. The van der Waals surface area contributed by atoms with Crippen LogP contribution in [0.2, 0.25) is 0 Å². The Morgan fingerprint density at radius 1 is 1.20 bits per heavy atom. The van der Waals surface area contributed by atoms with Crippen LogP contribution in [0.15, 0.2) is 0 Å². The molecule has 0 spiro atoms. The van der Waals surface area contributed by atoms with Crippen LogP contribution >= 0.6 is 0 Å². The first-order valence-corrected chi connectivity index (χ1v) is 1.34. The Balaban J connectivity index is -0.0000000450. The minimum atomic E-state index is 0. The Morgan fingerprint density at radius 3 is 1.20 bits per heavy atom. The van der Waals surface area contributed by atoms with Gasteiger partial charge in [-0.15, -0.1) is 0 Å². The van der Waals surface area contributed by atoms with Gasteiger partial charge in [-0.25, -0.2) is 0 Å². The van der Waals surface area contributed by atoms with Gasteiger partial charge in [-0.1, -0.05) is 0 Å². The van der Waals surface area contributed by atoms with E-state index in [1.807, 2.05) is 26.0 Å². The molecule has 2 heteroatoms. The van der Waals surface area contributed by atoms with E-state index in [0.29, 0.717) is 0 Å². The summed E-state index contributed by atoms with van der Waals surface area (Å²) in [5.41, 5.74) is 0. The Labute approximate surface area is 47.0 Å². The largest absolute Gasteiger partial charge is 1.00 e. The molecule has 0 N–H and O–H groups in total. The molecule has 0 unspecified atom stereocenters. The number of rotatable bonds is 0. The first-order chi connectivity index (χ1) is 1.73. The average molecular weight is 67.1 g/mol. The van der Waals surface area contributed by atoms with E-state index in [4.69, 9.17) is 0 Å². The van der Waals surface area contributed by atoms with Crippen molar-refractivity contribution in [3.05, 3.63) is 0 Å². The fourth-order valence-corrected chi connectivity index (χ4v) is 0. The van der Waals surface area contributed by atoms with E-state index in [0.717, 1.165) is 0 Å². The Bertz CT molecular complexity index is 15.5. The molecular formula is C3H10LiN. The van der Waals surface area contributed by atoms with Crippen molar-refractivity contribution in [2.45, 2.75) is 0 Å². The minimum Gasteiger partial charge on any atom is -1.00 e. The molecular weight excluding hydrogens is 57.0 g/mol. The van der Waals surface area contributed by atoms with E-state index in [9.17, 15) is 0 Å². The van der Waals surface area contributed by atoms with Crippen LogP contribution in [0.25, 0.3) is 0 Å². The van der Waals surface area contributed by atoms with Gasteiger partial charge in [0.2, 0.25) is 0 Å². The van der Waals surface area contributed by atoms with Gasteiger partial charge < -0.3 is 6.33 Å². The molecule has 5 heavy (non-hydrogen) atoms. The third-order valence-electron chi connectivity index (χ3n) is 0. The zero-order valence-electron chi connectivity index (χ0n) is 5.45. The predicted molar refractivity (Wildman–Crippen MR) is 20.7 cm³/mol. The van der Waals surface area contributed by atoms with Gasteiger partial charge in [0.05, 0.1) is 0 Å². The molecule has 0 saturated carbocycles. The van der Waals surface area contributed by atoms with E-state index in [2.05, 4.69) is 0 Å². The molecule has 0 aliphatic carbocycles. The number of hydrogen-bond acceptors (Lipinski definition) is 1. The molecule has 0 heterocycles. The summed E-state index contributed by atoms with van der Waals surface area (Å²) in [5.74, 6) is 0. The summed E-state index contributed by atoms with van der Waals surface area (Å²) >= 11 is 0. The Kier molecular flexibility index (Phi) is 8.31. The summed E-state index contributed by atoms with van der Waals surface area (Å²) in [6.45, 7) is 0. The summed E-state index contributed by atoms with van der Waals surface area (Å²) < 4.78 is 0. The predicted octanol–water partition coefficient (Wildman–Crippen LogP) is -2.71. The maximum Gasteiger partial charge on any atom is 1.00 e. The van der Waals surface area contributed by atoms with Gasteiger partial charge >= 0.3 is 18.9 Å². The fourth-order valence-electron chi connectivity index (χ4n) is 0. The molecule has 0 rings (SSSR count). The van der Waals surface area contributed by atoms with Gasteiger partial charge in [0, 0.05) is 0 Å².